The summed E-state index contributed by atoms with van der Waals surface area (Å²) < 4.78 is 4.05. The van der Waals surface area contributed by atoms with Gasteiger partial charge in [-0.2, -0.15) is 0 Å². The molecule has 0 heterocycles. The third kappa shape index (κ3) is 5.16. The second kappa shape index (κ2) is 11.9. The number of benzene rings is 3. The van der Waals surface area contributed by atoms with Crippen molar-refractivity contribution in [1.29, 1.82) is 0 Å². The molecule has 3 heteroatoms. The van der Waals surface area contributed by atoms with Crippen LogP contribution in [-0.2, 0) is 32.1 Å². The Morgan fingerprint density at radius 1 is 0.689 bits per heavy atom. The van der Waals surface area contributed by atoms with Crippen LogP contribution in [0.1, 0.15) is 118 Å². The van der Waals surface area contributed by atoms with Crippen LogP contribution in [-0.4, -0.2) is 3.21 Å². The molecule has 0 amide bonds. The molecule has 0 spiro atoms. The van der Waals surface area contributed by atoms with Crippen LogP contribution in [0.5, 0.6) is 0 Å². The smallest absolute Gasteiger partial charge is 1.00 e. The Labute approximate surface area is 291 Å². The second-order valence-electron chi connectivity index (χ2n) is 14.8. The van der Waals surface area contributed by atoms with E-state index in [9.17, 15) is 0 Å². The van der Waals surface area contributed by atoms with Crippen LogP contribution in [0.4, 0.5) is 0 Å². The van der Waals surface area contributed by atoms with Gasteiger partial charge in [-0.3, -0.25) is 0 Å². The fraction of sp³-hybridized carbons (Fsp3) is 0.357. The third-order valence-electron chi connectivity index (χ3n) is 11.0. The van der Waals surface area contributed by atoms with E-state index in [1.165, 1.54) is 55.7 Å². The minimum absolute atomic E-state index is 0. The predicted molar refractivity (Wildman–Crippen MR) is 184 cm³/mol. The molecule has 3 aromatic carbocycles. The van der Waals surface area contributed by atoms with Gasteiger partial charge in [-0.1, -0.05) is 0 Å². The Morgan fingerprint density at radius 2 is 1.18 bits per heavy atom. The van der Waals surface area contributed by atoms with E-state index in [0.717, 1.165) is 6.42 Å². The van der Waals surface area contributed by atoms with Gasteiger partial charge in [0.1, 0.15) is 0 Å². The van der Waals surface area contributed by atoms with Gasteiger partial charge in [0.2, 0.25) is 0 Å². The van der Waals surface area contributed by atoms with E-state index in [2.05, 4.69) is 142 Å². The van der Waals surface area contributed by atoms with Gasteiger partial charge in [-0.05, 0) is 0 Å². The normalized spacial score (nSPS) is 20.3. The fourth-order valence-electron chi connectivity index (χ4n) is 9.03. The molecule has 0 aromatic heterocycles. The van der Waals surface area contributed by atoms with Gasteiger partial charge in [0.25, 0.3) is 0 Å². The molecule has 4 aliphatic rings. The molecule has 1 atom stereocenters. The van der Waals surface area contributed by atoms with Gasteiger partial charge in [-0.15, -0.1) is 0 Å². The molecular formula is C42H46Cl2Zr. The van der Waals surface area contributed by atoms with Crippen molar-refractivity contribution in [1.82, 2.24) is 0 Å². The van der Waals surface area contributed by atoms with Crippen molar-refractivity contribution in [3.05, 3.63) is 126 Å². The van der Waals surface area contributed by atoms with Gasteiger partial charge in [0, 0.05) is 0 Å². The monoisotopic (exact) mass is 710 g/mol. The molecular weight excluding hydrogens is 667 g/mol. The van der Waals surface area contributed by atoms with Gasteiger partial charge in [0.05, 0.1) is 0 Å². The summed E-state index contributed by atoms with van der Waals surface area (Å²) in [5.74, 6) is 0.511. The molecule has 0 saturated heterocycles. The SMILES string of the molecule is CC/[C](c1ccccc1)=[Zr+2](/[C]1=C(C)C(C)=CC1C)[CH]1c2cc3c(cc2-c2cc4c(cc21)C(C)(C)C=C4C)C(C)=CC3(C)C.[Cl-].[Cl-]. The molecule has 1 unspecified atom stereocenters. The van der Waals surface area contributed by atoms with E-state index in [1.54, 1.807) is 19.9 Å². The molecule has 0 N–H and O–H groups in total. The number of hydrogen-bond donors (Lipinski definition) is 0. The molecule has 0 saturated carbocycles. The van der Waals surface area contributed by atoms with Crippen molar-refractivity contribution in [3.63, 3.8) is 0 Å². The van der Waals surface area contributed by atoms with Gasteiger partial charge >= 0.3 is 269 Å². The van der Waals surface area contributed by atoms with E-state index in [4.69, 9.17) is 0 Å². The van der Waals surface area contributed by atoms with Crippen molar-refractivity contribution in [2.45, 2.75) is 90.1 Å². The molecule has 0 bridgehead atoms. The van der Waals surface area contributed by atoms with Crippen LogP contribution >= 0.6 is 0 Å². The molecule has 4 aliphatic carbocycles. The van der Waals surface area contributed by atoms with Crippen LogP contribution < -0.4 is 24.8 Å². The van der Waals surface area contributed by atoms with Gasteiger partial charge in [-0.25, -0.2) is 0 Å². The second-order valence-corrected chi connectivity index (χ2v) is 21.1. The molecule has 232 valence electrons. The largest absolute Gasteiger partial charge is 1.00 e. The molecule has 0 aliphatic heterocycles. The topological polar surface area (TPSA) is 0 Å². The van der Waals surface area contributed by atoms with Crippen molar-refractivity contribution >= 4 is 14.4 Å². The van der Waals surface area contributed by atoms with Crippen molar-refractivity contribution < 1.29 is 46.1 Å². The Hall–Kier alpha value is -2.05. The maximum absolute atomic E-state index is 2.68. The van der Waals surface area contributed by atoms with E-state index < -0.39 is 21.3 Å². The summed E-state index contributed by atoms with van der Waals surface area (Å²) in [6, 6.07) is 22.0. The standard InChI is InChI=1S/C25H25.C9H10.C8H11.2ClH.Zr/c1-14-12-24(3,4)22-8-16-7-17-9-23-19(15(2)13-25(23,5)6)11-21(17)20(16)10-18(14)22;1-2-6-9-7-4-3-5-8-9;1-6-4-7(2)8(3)5-6;;;/h7-13H,1-6H3;3-5,7-8H,2H2,1H3;4,6H,1-3H3;2*1H;/q;;;;;+2/p-2. The summed E-state index contributed by atoms with van der Waals surface area (Å²) >= 11 is -2.63. The van der Waals surface area contributed by atoms with Crippen LogP contribution in [0.3, 0.4) is 0 Å². The van der Waals surface area contributed by atoms with Gasteiger partial charge in [0.15, 0.2) is 0 Å². The Bertz CT molecular complexity index is 1810. The summed E-state index contributed by atoms with van der Waals surface area (Å²) in [6.07, 6.45) is 8.66. The Morgan fingerprint density at radius 3 is 1.60 bits per heavy atom. The average Bonchev–Trinajstić information content (AvgIpc) is 3.57. The van der Waals surface area contributed by atoms with E-state index >= 15 is 0 Å². The van der Waals surface area contributed by atoms with E-state index in [1.807, 2.05) is 3.28 Å². The minimum Gasteiger partial charge on any atom is -1.00 e. The van der Waals surface area contributed by atoms with Gasteiger partial charge < -0.3 is 24.8 Å². The first-order chi connectivity index (χ1) is 20.3. The molecule has 45 heavy (non-hydrogen) atoms. The van der Waals surface area contributed by atoms with Crippen LogP contribution in [0.15, 0.2) is 87.3 Å². The van der Waals surface area contributed by atoms with E-state index in [-0.39, 0.29) is 35.6 Å². The number of allylic oxidation sites excluding steroid dienone is 8. The summed E-state index contributed by atoms with van der Waals surface area (Å²) in [5.41, 5.74) is 19.7. The summed E-state index contributed by atoms with van der Waals surface area (Å²) in [6.45, 7) is 23.9. The molecule has 7 rings (SSSR count). The third-order valence-corrected chi connectivity index (χ3v) is 20.6. The van der Waals surface area contributed by atoms with Crippen LogP contribution in [0.2, 0.25) is 0 Å². The first-order valence-corrected chi connectivity index (χ1v) is 20.2. The predicted octanol–water partition coefficient (Wildman–Crippen LogP) is 5.27. The number of rotatable bonds is 4. The average molecular weight is 713 g/mol. The fourth-order valence-corrected chi connectivity index (χ4v) is 19.2. The maximum atomic E-state index is 2.68. The maximum Gasteiger partial charge on any atom is -1.00 e. The van der Waals surface area contributed by atoms with E-state index in [0.29, 0.717) is 9.54 Å². The van der Waals surface area contributed by atoms with Crippen LogP contribution in [0.25, 0.3) is 22.3 Å². The first kappa shape index (κ1) is 34.3. The zero-order valence-corrected chi connectivity index (χ0v) is 32.5. The molecule has 0 nitrogen and oxygen atoms in total. The summed E-state index contributed by atoms with van der Waals surface area (Å²) in [4.78, 5) is 0. The number of hydrogen-bond acceptors (Lipinski definition) is 0. The van der Waals surface area contributed by atoms with Crippen LogP contribution in [0, 0.1) is 5.92 Å². The molecule has 3 aromatic rings. The number of halogens is 2. The van der Waals surface area contributed by atoms with Crippen molar-refractivity contribution in [2.24, 2.45) is 5.92 Å². The summed E-state index contributed by atoms with van der Waals surface area (Å²) in [7, 11) is 0. The van der Waals surface area contributed by atoms with Crippen molar-refractivity contribution in [2.75, 3.05) is 0 Å². The quantitative estimate of drug-likeness (QED) is 0.346. The Kier molecular flexibility index (Phi) is 9.05. The van der Waals surface area contributed by atoms with Crippen molar-refractivity contribution in [3.8, 4) is 11.1 Å². The zero-order valence-electron chi connectivity index (χ0n) is 28.5. The summed E-state index contributed by atoms with van der Waals surface area (Å²) in [5, 5.41) is 0. The first-order valence-electron chi connectivity index (χ1n) is 16.3. The number of fused-ring (bicyclic) bond motifs is 5. The molecule has 0 radical (unpaired) electrons. The Balaban J connectivity index is 0.00000200. The zero-order chi connectivity index (χ0) is 30.6. The minimum atomic E-state index is -2.63. The molecule has 0 fully saturated rings.